The van der Waals surface area contributed by atoms with E-state index in [0.717, 1.165) is 19.3 Å². The molecule has 1 saturated heterocycles. The third kappa shape index (κ3) is 5.93. The molecule has 3 amide bonds. The van der Waals surface area contributed by atoms with Crippen molar-refractivity contribution in [2.45, 2.75) is 76.4 Å². The topological polar surface area (TPSA) is 122 Å². The molecule has 1 fully saturated rings. The minimum absolute atomic E-state index is 0.0419. The Labute approximate surface area is 173 Å². The number of carbonyl (C=O) groups excluding carboxylic acids is 2. The molecule has 0 saturated carbocycles. The quantitative estimate of drug-likeness (QED) is 0.623. The number of urea groups is 1. The van der Waals surface area contributed by atoms with Crippen LogP contribution >= 0.6 is 0 Å². The highest BCUT2D eigenvalue weighted by atomic mass is 32.2. The Kier molecular flexibility index (Phi) is 7.65. The van der Waals surface area contributed by atoms with Gasteiger partial charge in [-0.05, 0) is 63.3 Å². The first kappa shape index (κ1) is 23.2. The second-order valence-corrected chi connectivity index (χ2v) is 10.0. The summed E-state index contributed by atoms with van der Waals surface area (Å²) in [6.07, 6.45) is 3.16. The maximum absolute atomic E-state index is 13.1. The van der Waals surface area contributed by atoms with E-state index in [0.29, 0.717) is 12.1 Å². The van der Waals surface area contributed by atoms with Crippen molar-refractivity contribution < 1.29 is 18.0 Å². The fourth-order valence-corrected chi connectivity index (χ4v) is 5.69. The first-order valence-corrected chi connectivity index (χ1v) is 11.5. The van der Waals surface area contributed by atoms with Crippen LogP contribution in [0.25, 0.3) is 0 Å². The highest BCUT2D eigenvalue weighted by Gasteiger charge is 2.35. The molecular weight excluding hydrogens is 392 g/mol. The van der Waals surface area contributed by atoms with Crippen molar-refractivity contribution in [2.75, 3.05) is 5.32 Å². The lowest BCUT2D eigenvalue weighted by Crippen LogP contribution is -2.47. The first-order chi connectivity index (χ1) is 13.5. The number of nitrogens with one attached hydrogen (secondary N) is 2. The van der Waals surface area contributed by atoms with E-state index in [1.165, 1.54) is 12.1 Å². The average Bonchev–Trinajstić information content (AvgIpc) is 2.60. The maximum Gasteiger partial charge on any atom is 0.312 e. The Morgan fingerprint density at radius 3 is 2.17 bits per heavy atom. The van der Waals surface area contributed by atoms with Crippen molar-refractivity contribution in [3.05, 3.63) is 24.3 Å². The second-order valence-electron chi connectivity index (χ2n) is 8.17. The van der Waals surface area contributed by atoms with Gasteiger partial charge in [0.1, 0.15) is 6.04 Å². The van der Waals surface area contributed by atoms with Crippen molar-refractivity contribution in [3.8, 4) is 0 Å². The highest BCUT2D eigenvalue weighted by Crippen LogP contribution is 2.30. The number of nitrogens with zero attached hydrogens (tertiary/aromatic N) is 1. The van der Waals surface area contributed by atoms with E-state index in [1.54, 1.807) is 16.4 Å². The molecule has 0 aromatic heterocycles. The van der Waals surface area contributed by atoms with Crippen LogP contribution in [-0.2, 0) is 14.8 Å². The number of hydrogen-bond donors (Lipinski definition) is 3. The Balaban J connectivity index is 2.14. The van der Waals surface area contributed by atoms with E-state index in [4.69, 9.17) is 5.73 Å². The van der Waals surface area contributed by atoms with Crippen molar-refractivity contribution >= 4 is 27.6 Å². The molecule has 2 rings (SSSR count). The molecule has 9 heteroatoms. The van der Waals surface area contributed by atoms with Crippen LogP contribution in [0.5, 0.6) is 0 Å². The Morgan fingerprint density at radius 1 is 1.14 bits per heavy atom. The second kappa shape index (κ2) is 9.58. The Morgan fingerprint density at radius 2 is 1.69 bits per heavy atom. The van der Waals surface area contributed by atoms with Gasteiger partial charge in [-0.3, -0.25) is 4.79 Å². The Hall–Kier alpha value is -2.13. The molecule has 1 aromatic rings. The van der Waals surface area contributed by atoms with E-state index in [-0.39, 0.29) is 22.9 Å². The molecule has 0 spiro atoms. The number of hydrogen-bond acceptors (Lipinski definition) is 4. The van der Waals surface area contributed by atoms with Gasteiger partial charge in [0, 0.05) is 17.8 Å². The molecule has 1 aromatic carbocycles. The van der Waals surface area contributed by atoms with Crippen molar-refractivity contribution in [1.82, 2.24) is 9.62 Å². The molecule has 0 unspecified atom stereocenters. The van der Waals surface area contributed by atoms with Crippen LogP contribution in [0, 0.1) is 5.92 Å². The van der Waals surface area contributed by atoms with E-state index in [2.05, 4.69) is 10.6 Å². The van der Waals surface area contributed by atoms with Crippen LogP contribution in [0.15, 0.2) is 29.2 Å². The zero-order valence-corrected chi connectivity index (χ0v) is 18.3. The zero-order chi connectivity index (χ0) is 21.8. The summed E-state index contributed by atoms with van der Waals surface area (Å²) in [4.78, 5) is 23.9. The number of sulfonamides is 1. The number of anilines is 1. The predicted molar refractivity (Wildman–Crippen MR) is 113 cm³/mol. The minimum Gasteiger partial charge on any atom is -0.352 e. The van der Waals surface area contributed by atoms with Gasteiger partial charge in [0.05, 0.1) is 4.90 Å². The summed E-state index contributed by atoms with van der Waals surface area (Å²) in [6, 6.07) is 4.50. The molecule has 0 bridgehead atoms. The number of rotatable bonds is 7. The predicted octanol–water partition coefficient (Wildman–Crippen LogP) is 2.66. The summed E-state index contributed by atoms with van der Waals surface area (Å²) in [5.74, 6) is -0.218. The van der Waals surface area contributed by atoms with Gasteiger partial charge in [0.25, 0.3) is 0 Å². The molecule has 4 N–H and O–H groups in total. The van der Waals surface area contributed by atoms with Gasteiger partial charge in [-0.2, -0.15) is 4.31 Å². The molecule has 1 heterocycles. The molecular formula is C20H32N4O4S. The molecule has 1 aliphatic heterocycles. The van der Waals surface area contributed by atoms with Crippen molar-refractivity contribution in [3.63, 3.8) is 0 Å². The normalized spacial score (nSPS) is 21.6. The summed E-state index contributed by atoms with van der Waals surface area (Å²) in [6.45, 7) is 7.74. The van der Waals surface area contributed by atoms with Crippen molar-refractivity contribution in [2.24, 2.45) is 11.7 Å². The molecule has 3 atom stereocenters. The largest absolute Gasteiger partial charge is 0.352 e. The van der Waals surface area contributed by atoms with Crippen LogP contribution in [0.4, 0.5) is 10.5 Å². The number of carbonyl (C=O) groups is 2. The third-order valence-corrected chi connectivity index (χ3v) is 7.29. The van der Waals surface area contributed by atoms with Gasteiger partial charge in [0.2, 0.25) is 15.9 Å². The standard InChI is InChI=1S/C20H32N4O4S/c1-13(2)12-18(23-20(21)26)19(25)22-16-8-10-17(11-9-16)29(27,28)24-14(3)6-5-7-15(24)4/h8-11,13-15,18H,5-7,12H2,1-4H3,(H,22,25)(H3,21,23,26)/t14-,15-,18-/m0/s1. The number of nitrogens with two attached hydrogens (primary N) is 1. The van der Waals surface area contributed by atoms with E-state index in [1.807, 2.05) is 27.7 Å². The van der Waals surface area contributed by atoms with E-state index >= 15 is 0 Å². The van der Waals surface area contributed by atoms with Crippen LogP contribution < -0.4 is 16.4 Å². The highest BCUT2D eigenvalue weighted by molar-refractivity contribution is 7.89. The third-order valence-electron chi connectivity index (χ3n) is 5.15. The average molecular weight is 425 g/mol. The Bertz CT molecular complexity index is 813. The summed E-state index contributed by atoms with van der Waals surface area (Å²) < 4.78 is 27.7. The van der Waals surface area contributed by atoms with Gasteiger partial charge in [-0.1, -0.05) is 20.3 Å². The smallest absolute Gasteiger partial charge is 0.312 e. The van der Waals surface area contributed by atoms with Crippen LogP contribution in [0.2, 0.25) is 0 Å². The molecule has 0 radical (unpaired) electrons. The summed E-state index contributed by atoms with van der Waals surface area (Å²) in [5.41, 5.74) is 5.61. The van der Waals surface area contributed by atoms with Gasteiger partial charge in [0.15, 0.2) is 0 Å². The summed E-state index contributed by atoms with van der Waals surface area (Å²) in [5, 5.41) is 5.15. The minimum atomic E-state index is -3.61. The lowest BCUT2D eigenvalue weighted by Gasteiger charge is -2.37. The molecule has 0 aliphatic carbocycles. The SMILES string of the molecule is CC(C)C[C@H](NC(N)=O)C(=O)Nc1ccc(S(=O)(=O)N2[C@@H](C)CCC[C@@H]2C)cc1. The van der Waals surface area contributed by atoms with Gasteiger partial charge < -0.3 is 16.4 Å². The van der Waals surface area contributed by atoms with Crippen LogP contribution in [-0.4, -0.2) is 42.8 Å². The number of amides is 3. The van der Waals surface area contributed by atoms with Crippen LogP contribution in [0.1, 0.15) is 53.4 Å². The zero-order valence-electron chi connectivity index (χ0n) is 17.5. The monoisotopic (exact) mass is 424 g/mol. The number of benzene rings is 1. The van der Waals surface area contributed by atoms with Crippen LogP contribution in [0.3, 0.4) is 0 Å². The lowest BCUT2D eigenvalue weighted by molar-refractivity contribution is -0.118. The van der Waals surface area contributed by atoms with Gasteiger partial charge in [-0.25, -0.2) is 13.2 Å². The number of primary amides is 1. The van der Waals surface area contributed by atoms with Gasteiger partial charge in [-0.15, -0.1) is 0 Å². The molecule has 29 heavy (non-hydrogen) atoms. The number of piperidine rings is 1. The molecule has 8 nitrogen and oxygen atoms in total. The summed E-state index contributed by atoms with van der Waals surface area (Å²) >= 11 is 0. The summed E-state index contributed by atoms with van der Waals surface area (Å²) in [7, 11) is -3.61. The molecule has 162 valence electrons. The first-order valence-electron chi connectivity index (χ1n) is 10.0. The van der Waals surface area contributed by atoms with E-state index in [9.17, 15) is 18.0 Å². The fraction of sp³-hybridized carbons (Fsp3) is 0.600. The maximum atomic E-state index is 13.1. The van der Waals surface area contributed by atoms with E-state index < -0.39 is 28.0 Å². The fourth-order valence-electron chi connectivity index (χ4n) is 3.81. The molecule has 1 aliphatic rings. The van der Waals surface area contributed by atoms with Crippen molar-refractivity contribution in [1.29, 1.82) is 0 Å². The lowest BCUT2D eigenvalue weighted by atomic mass is 10.0. The van der Waals surface area contributed by atoms with Gasteiger partial charge >= 0.3 is 6.03 Å².